The Kier molecular flexibility index (Phi) is 3.47. The Morgan fingerprint density at radius 1 is 1.42 bits per heavy atom. The first-order chi connectivity index (χ1) is 11.3. The summed E-state index contributed by atoms with van der Waals surface area (Å²) in [6.45, 7) is -0.0453. The minimum atomic E-state index is -4.68. The lowest BCUT2D eigenvalue weighted by Gasteiger charge is -2.18. The van der Waals surface area contributed by atoms with Crippen molar-refractivity contribution in [3.8, 4) is 5.69 Å². The average molecular weight is 339 g/mol. The second kappa shape index (κ2) is 5.25. The van der Waals surface area contributed by atoms with Gasteiger partial charge in [0.05, 0.1) is 29.1 Å². The highest BCUT2D eigenvalue weighted by Crippen LogP contribution is 2.37. The van der Waals surface area contributed by atoms with Gasteiger partial charge in [-0.05, 0) is 12.1 Å². The fraction of sp³-hybridized carbons (Fsp3) is 0.214. The molecule has 2 heterocycles. The lowest BCUT2D eigenvalue weighted by molar-refractivity contribution is -0.138. The summed E-state index contributed by atoms with van der Waals surface area (Å²) in [6, 6.07) is 3.47. The normalized spacial score (nSPS) is 15.1. The van der Waals surface area contributed by atoms with Crippen LogP contribution in [0.2, 0.25) is 0 Å². The number of nitrogens with zero attached hydrogens (tertiary/aromatic N) is 4. The minimum absolute atomic E-state index is 0.0404. The van der Waals surface area contributed by atoms with E-state index in [-0.39, 0.29) is 23.8 Å². The number of carbonyl (C=O) groups excluding carboxylic acids is 1. The fourth-order valence-corrected chi connectivity index (χ4v) is 2.68. The van der Waals surface area contributed by atoms with Crippen molar-refractivity contribution in [2.45, 2.75) is 12.7 Å². The molecule has 126 valence electrons. The molecule has 0 aliphatic carbocycles. The third-order valence-electron chi connectivity index (χ3n) is 3.77. The number of alkyl halides is 3. The van der Waals surface area contributed by atoms with E-state index in [0.29, 0.717) is 5.69 Å². The van der Waals surface area contributed by atoms with Crippen LogP contribution in [-0.2, 0) is 12.7 Å². The van der Waals surface area contributed by atoms with E-state index in [1.165, 1.54) is 30.1 Å². The molecule has 1 aliphatic heterocycles. The van der Waals surface area contributed by atoms with Crippen molar-refractivity contribution >= 4 is 11.7 Å². The van der Waals surface area contributed by atoms with Gasteiger partial charge in [-0.3, -0.25) is 9.36 Å². The molecule has 0 fully saturated rings. The third kappa shape index (κ3) is 2.27. The van der Waals surface area contributed by atoms with Crippen LogP contribution in [0.25, 0.3) is 5.69 Å². The molecule has 1 amide bonds. The van der Waals surface area contributed by atoms with E-state index < -0.39 is 23.2 Å². The number of amidine groups is 1. The van der Waals surface area contributed by atoms with E-state index >= 15 is 0 Å². The molecule has 0 spiro atoms. The Hall–Kier alpha value is -3.04. The van der Waals surface area contributed by atoms with E-state index in [0.717, 1.165) is 11.0 Å². The molecule has 0 atom stereocenters. The lowest BCUT2D eigenvalue weighted by Crippen LogP contribution is -2.28. The number of hydrogen-bond donors (Lipinski definition) is 2. The molecule has 1 aliphatic rings. The van der Waals surface area contributed by atoms with Gasteiger partial charge in [-0.2, -0.15) is 13.2 Å². The maximum Gasteiger partial charge on any atom is 0.417 e. The van der Waals surface area contributed by atoms with Gasteiger partial charge in [-0.25, -0.2) is 4.98 Å². The molecule has 1 aromatic heterocycles. The summed E-state index contributed by atoms with van der Waals surface area (Å²) < 4.78 is 41.3. The van der Waals surface area contributed by atoms with Crippen LogP contribution in [0.15, 0.2) is 29.7 Å². The standard InChI is InChI=1S/C14H12F3N5O2/c1-21-5-9-11(12(18)20-24)19-6-22(9)8-4-2-3-7(14(15,16)17)10(8)13(21)23/h2-4,6,24H,5H2,1H3,(H2,18,20). The maximum atomic E-state index is 13.3. The van der Waals surface area contributed by atoms with Crippen molar-refractivity contribution < 1.29 is 23.2 Å². The summed E-state index contributed by atoms with van der Waals surface area (Å²) in [5.41, 5.74) is 4.55. The van der Waals surface area contributed by atoms with Gasteiger partial charge in [0.1, 0.15) is 12.0 Å². The second-order valence-corrected chi connectivity index (χ2v) is 5.25. The molecule has 0 saturated carbocycles. The van der Waals surface area contributed by atoms with Crippen LogP contribution in [0.3, 0.4) is 0 Å². The predicted molar refractivity (Wildman–Crippen MR) is 76.9 cm³/mol. The van der Waals surface area contributed by atoms with Gasteiger partial charge in [0, 0.05) is 7.05 Å². The summed E-state index contributed by atoms with van der Waals surface area (Å²) in [4.78, 5) is 17.6. The smallest absolute Gasteiger partial charge is 0.409 e. The Morgan fingerprint density at radius 3 is 2.75 bits per heavy atom. The molecule has 3 N–H and O–H groups in total. The van der Waals surface area contributed by atoms with E-state index in [2.05, 4.69) is 10.1 Å². The molecule has 0 unspecified atom stereocenters. The zero-order chi connectivity index (χ0) is 17.6. The fourth-order valence-electron chi connectivity index (χ4n) is 2.68. The van der Waals surface area contributed by atoms with Crippen LogP contribution < -0.4 is 5.73 Å². The quantitative estimate of drug-likeness (QED) is 0.357. The lowest BCUT2D eigenvalue weighted by atomic mass is 10.0. The van der Waals surface area contributed by atoms with Gasteiger partial charge in [-0.15, -0.1) is 0 Å². The van der Waals surface area contributed by atoms with Crippen LogP contribution in [0, 0.1) is 0 Å². The van der Waals surface area contributed by atoms with Crippen molar-refractivity contribution in [2.24, 2.45) is 10.9 Å². The predicted octanol–water partition coefficient (Wildman–Crippen LogP) is 1.57. The summed E-state index contributed by atoms with van der Waals surface area (Å²) >= 11 is 0. The number of imidazole rings is 1. The van der Waals surface area contributed by atoms with Gasteiger partial charge in [-0.1, -0.05) is 11.2 Å². The van der Waals surface area contributed by atoms with Crippen molar-refractivity contribution in [3.63, 3.8) is 0 Å². The van der Waals surface area contributed by atoms with Crippen LogP contribution in [0.5, 0.6) is 0 Å². The molecular weight excluding hydrogens is 327 g/mol. The highest BCUT2D eigenvalue weighted by molar-refractivity contribution is 6.01. The van der Waals surface area contributed by atoms with Gasteiger partial charge < -0.3 is 15.8 Å². The van der Waals surface area contributed by atoms with Crippen molar-refractivity contribution in [3.05, 3.63) is 47.0 Å². The molecule has 0 radical (unpaired) electrons. The number of aromatic nitrogens is 2. The number of benzene rings is 1. The van der Waals surface area contributed by atoms with Gasteiger partial charge in [0.2, 0.25) is 0 Å². The monoisotopic (exact) mass is 339 g/mol. The van der Waals surface area contributed by atoms with E-state index in [1.54, 1.807) is 0 Å². The highest BCUT2D eigenvalue weighted by atomic mass is 19.4. The zero-order valence-electron chi connectivity index (χ0n) is 12.4. The number of hydrogen-bond acceptors (Lipinski definition) is 4. The summed E-state index contributed by atoms with van der Waals surface area (Å²) in [7, 11) is 1.37. The molecule has 0 saturated heterocycles. The average Bonchev–Trinajstić information content (AvgIpc) is 2.91. The highest BCUT2D eigenvalue weighted by Gasteiger charge is 2.39. The van der Waals surface area contributed by atoms with Gasteiger partial charge >= 0.3 is 6.18 Å². The molecule has 24 heavy (non-hydrogen) atoms. The van der Waals surface area contributed by atoms with Crippen molar-refractivity contribution in [2.75, 3.05) is 7.05 Å². The molecule has 10 heteroatoms. The summed E-state index contributed by atoms with van der Waals surface area (Å²) in [6.07, 6.45) is -3.44. The zero-order valence-corrected chi connectivity index (χ0v) is 12.4. The molecular formula is C14H12F3N5O2. The van der Waals surface area contributed by atoms with Gasteiger partial charge in [0.25, 0.3) is 5.91 Å². The minimum Gasteiger partial charge on any atom is -0.409 e. The van der Waals surface area contributed by atoms with Crippen molar-refractivity contribution in [1.29, 1.82) is 0 Å². The SMILES string of the molecule is CN1Cc2c(C(N)=NO)ncn2-c2cccc(C(F)(F)F)c2C1=O. The van der Waals surface area contributed by atoms with E-state index in [9.17, 15) is 18.0 Å². The van der Waals surface area contributed by atoms with Crippen LogP contribution in [0.1, 0.15) is 27.3 Å². The van der Waals surface area contributed by atoms with Crippen molar-refractivity contribution in [1.82, 2.24) is 14.5 Å². The Balaban J connectivity index is 2.35. The molecule has 2 aromatic rings. The first-order valence-corrected chi connectivity index (χ1v) is 6.76. The Labute approximate surface area is 133 Å². The number of fused-ring (bicyclic) bond motifs is 3. The first-order valence-electron chi connectivity index (χ1n) is 6.76. The topological polar surface area (TPSA) is 96.7 Å². The number of halogens is 3. The third-order valence-corrected chi connectivity index (χ3v) is 3.77. The van der Waals surface area contributed by atoms with E-state index in [1.807, 2.05) is 0 Å². The largest absolute Gasteiger partial charge is 0.417 e. The number of oxime groups is 1. The second-order valence-electron chi connectivity index (χ2n) is 5.25. The summed E-state index contributed by atoms with van der Waals surface area (Å²) in [5, 5.41) is 11.7. The maximum absolute atomic E-state index is 13.3. The number of rotatable bonds is 1. The van der Waals surface area contributed by atoms with Crippen LogP contribution >= 0.6 is 0 Å². The molecule has 3 rings (SSSR count). The first kappa shape index (κ1) is 15.8. The Morgan fingerprint density at radius 2 is 2.12 bits per heavy atom. The van der Waals surface area contributed by atoms with Crippen LogP contribution in [-0.4, -0.2) is 38.4 Å². The molecule has 7 nitrogen and oxygen atoms in total. The van der Waals surface area contributed by atoms with Gasteiger partial charge in [0.15, 0.2) is 5.84 Å². The van der Waals surface area contributed by atoms with E-state index in [4.69, 9.17) is 10.9 Å². The van der Waals surface area contributed by atoms with Crippen LogP contribution in [0.4, 0.5) is 13.2 Å². The number of carbonyl (C=O) groups is 1. The molecule has 0 bridgehead atoms. The number of amides is 1. The number of nitrogens with two attached hydrogens (primary N) is 1. The molecule has 1 aromatic carbocycles. The summed E-state index contributed by atoms with van der Waals surface area (Å²) in [5.74, 6) is -1.06. The Bertz CT molecular complexity index is 857.